The third kappa shape index (κ3) is 3.75. The molecule has 1 aromatic carbocycles. The molecule has 1 aliphatic rings. The third-order valence-corrected chi connectivity index (χ3v) is 3.97. The van der Waals surface area contributed by atoms with Crippen molar-refractivity contribution in [3.05, 3.63) is 35.4 Å². The van der Waals surface area contributed by atoms with Crippen LogP contribution in [0.25, 0.3) is 0 Å². The Morgan fingerprint density at radius 3 is 2.26 bits per heavy atom. The molecule has 19 heavy (non-hydrogen) atoms. The topological polar surface area (TPSA) is 26.0 Å². The van der Waals surface area contributed by atoms with Crippen LogP contribution in [0, 0.1) is 23.0 Å². The molecule has 2 atom stereocenters. The second kappa shape index (κ2) is 4.86. The van der Waals surface area contributed by atoms with Gasteiger partial charge in [0.05, 0.1) is 0 Å². The van der Waals surface area contributed by atoms with Gasteiger partial charge in [0.25, 0.3) is 0 Å². The van der Waals surface area contributed by atoms with Crippen LogP contribution in [0.5, 0.6) is 0 Å². The largest absolute Gasteiger partial charge is 0.325 e. The Morgan fingerprint density at radius 2 is 1.74 bits per heavy atom. The lowest BCUT2D eigenvalue weighted by atomic mass is 9.63. The first-order valence-electron chi connectivity index (χ1n) is 6.91. The van der Waals surface area contributed by atoms with Gasteiger partial charge in [-0.05, 0) is 54.7 Å². The van der Waals surface area contributed by atoms with Crippen LogP contribution < -0.4 is 5.73 Å². The summed E-state index contributed by atoms with van der Waals surface area (Å²) in [7, 11) is 0. The summed E-state index contributed by atoms with van der Waals surface area (Å²) < 4.78 is 26.5. The van der Waals surface area contributed by atoms with Crippen molar-refractivity contribution in [2.24, 2.45) is 17.1 Å². The lowest BCUT2D eigenvalue weighted by Crippen LogP contribution is -2.50. The minimum absolute atomic E-state index is 0.193. The Bertz CT molecular complexity index is 450. The number of rotatable bonds is 2. The zero-order valence-corrected chi connectivity index (χ0v) is 12.0. The van der Waals surface area contributed by atoms with Gasteiger partial charge in [-0.15, -0.1) is 0 Å². The van der Waals surface area contributed by atoms with E-state index in [1.54, 1.807) is 0 Å². The average molecular weight is 267 g/mol. The van der Waals surface area contributed by atoms with Crippen molar-refractivity contribution in [1.29, 1.82) is 0 Å². The molecular formula is C16H23F2N. The first-order chi connectivity index (χ1) is 8.67. The predicted molar refractivity (Wildman–Crippen MR) is 73.8 cm³/mol. The summed E-state index contributed by atoms with van der Waals surface area (Å²) in [5, 5.41) is 0. The number of halogens is 2. The molecular weight excluding hydrogens is 244 g/mol. The molecule has 2 N–H and O–H groups in total. The number of benzene rings is 1. The van der Waals surface area contributed by atoms with Crippen LogP contribution >= 0.6 is 0 Å². The Morgan fingerprint density at radius 1 is 1.16 bits per heavy atom. The van der Waals surface area contributed by atoms with Gasteiger partial charge >= 0.3 is 0 Å². The zero-order chi connectivity index (χ0) is 14.3. The van der Waals surface area contributed by atoms with Gasteiger partial charge in [0, 0.05) is 11.6 Å². The quantitative estimate of drug-likeness (QED) is 0.859. The molecule has 0 bridgehead atoms. The van der Waals surface area contributed by atoms with Gasteiger partial charge in [0.2, 0.25) is 0 Å². The highest BCUT2D eigenvalue weighted by atomic mass is 19.1. The molecule has 3 heteroatoms. The molecule has 0 amide bonds. The van der Waals surface area contributed by atoms with E-state index in [0.29, 0.717) is 17.9 Å². The van der Waals surface area contributed by atoms with Crippen LogP contribution in [0.2, 0.25) is 0 Å². The van der Waals surface area contributed by atoms with Gasteiger partial charge in [0.1, 0.15) is 11.6 Å². The second-order valence-corrected chi connectivity index (χ2v) is 7.17. The highest BCUT2D eigenvalue weighted by Crippen LogP contribution is 2.43. The van der Waals surface area contributed by atoms with Crippen LogP contribution in [0.3, 0.4) is 0 Å². The van der Waals surface area contributed by atoms with Gasteiger partial charge in [0.15, 0.2) is 0 Å². The smallest absolute Gasteiger partial charge is 0.126 e. The standard InChI is InChI=1S/C16H23F2N/c1-11-7-15(2,3)10-16(19,8-11)9-12-4-13(17)6-14(18)5-12/h4-6,11H,7-10,19H2,1-3H3. The third-order valence-electron chi connectivity index (χ3n) is 3.97. The van der Waals surface area contributed by atoms with Gasteiger partial charge < -0.3 is 5.73 Å². The van der Waals surface area contributed by atoms with E-state index in [1.165, 1.54) is 12.1 Å². The zero-order valence-electron chi connectivity index (χ0n) is 12.0. The monoisotopic (exact) mass is 267 g/mol. The molecule has 0 radical (unpaired) electrons. The Hall–Kier alpha value is -0.960. The summed E-state index contributed by atoms with van der Waals surface area (Å²) >= 11 is 0. The molecule has 1 fully saturated rings. The summed E-state index contributed by atoms with van der Waals surface area (Å²) in [6, 6.07) is 3.69. The Kier molecular flexibility index (Phi) is 3.69. The number of hydrogen-bond acceptors (Lipinski definition) is 1. The summed E-state index contributed by atoms with van der Waals surface area (Å²) in [5.74, 6) is -0.504. The van der Waals surface area contributed by atoms with E-state index in [1.807, 2.05) is 0 Å². The molecule has 0 aliphatic heterocycles. The van der Waals surface area contributed by atoms with Crippen molar-refractivity contribution in [2.75, 3.05) is 0 Å². The van der Waals surface area contributed by atoms with E-state index in [-0.39, 0.29) is 11.0 Å². The SMILES string of the molecule is CC1CC(C)(C)CC(N)(Cc2cc(F)cc(F)c2)C1. The maximum absolute atomic E-state index is 13.3. The van der Waals surface area contributed by atoms with Crippen molar-refractivity contribution in [2.45, 2.75) is 52.0 Å². The summed E-state index contributed by atoms with van der Waals surface area (Å²) in [6.07, 6.45) is 3.50. The Labute approximate surface area is 114 Å². The summed E-state index contributed by atoms with van der Waals surface area (Å²) in [6.45, 7) is 6.64. The first kappa shape index (κ1) is 14.4. The Balaban J connectivity index is 2.20. The number of nitrogens with two attached hydrogens (primary N) is 1. The van der Waals surface area contributed by atoms with Gasteiger partial charge in [-0.25, -0.2) is 8.78 Å². The molecule has 0 heterocycles. The molecule has 0 aromatic heterocycles. The van der Waals surface area contributed by atoms with Gasteiger partial charge in [-0.2, -0.15) is 0 Å². The van der Waals surface area contributed by atoms with E-state index in [9.17, 15) is 8.78 Å². The van der Waals surface area contributed by atoms with Crippen molar-refractivity contribution in [1.82, 2.24) is 0 Å². The van der Waals surface area contributed by atoms with Crippen molar-refractivity contribution < 1.29 is 8.78 Å². The molecule has 1 saturated carbocycles. The lowest BCUT2D eigenvalue weighted by molar-refractivity contribution is 0.108. The van der Waals surface area contributed by atoms with Crippen LogP contribution in [0.15, 0.2) is 18.2 Å². The van der Waals surface area contributed by atoms with E-state index in [2.05, 4.69) is 20.8 Å². The maximum Gasteiger partial charge on any atom is 0.126 e. The number of hydrogen-bond donors (Lipinski definition) is 1. The fourth-order valence-corrected chi connectivity index (χ4v) is 4.06. The molecule has 0 spiro atoms. The van der Waals surface area contributed by atoms with Crippen LogP contribution in [-0.2, 0) is 6.42 Å². The molecule has 1 aromatic rings. The molecule has 0 saturated heterocycles. The highest BCUT2D eigenvalue weighted by Gasteiger charge is 2.40. The lowest BCUT2D eigenvalue weighted by Gasteiger charge is -2.46. The van der Waals surface area contributed by atoms with E-state index >= 15 is 0 Å². The van der Waals surface area contributed by atoms with Crippen molar-refractivity contribution in [3.8, 4) is 0 Å². The minimum Gasteiger partial charge on any atom is -0.325 e. The van der Waals surface area contributed by atoms with Gasteiger partial charge in [-0.3, -0.25) is 0 Å². The molecule has 1 nitrogen and oxygen atoms in total. The molecule has 106 valence electrons. The average Bonchev–Trinajstić information content (AvgIpc) is 2.08. The van der Waals surface area contributed by atoms with Crippen molar-refractivity contribution in [3.63, 3.8) is 0 Å². The molecule has 2 unspecified atom stereocenters. The second-order valence-electron chi connectivity index (χ2n) is 7.17. The van der Waals surface area contributed by atoms with Crippen LogP contribution in [-0.4, -0.2) is 5.54 Å². The van der Waals surface area contributed by atoms with E-state index in [0.717, 1.165) is 25.3 Å². The fraction of sp³-hybridized carbons (Fsp3) is 0.625. The molecule has 1 aliphatic carbocycles. The minimum atomic E-state index is -0.526. The van der Waals surface area contributed by atoms with Gasteiger partial charge in [-0.1, -0.05) is 20.8 Å². The summed E-state index contributed by atoms with van der Waals surface area (Å²) in [4.78, 5) is 0. The fourth-order valence-electron chi connectivity index (χ4n) is 4.06. The van der Waals surface area contributed by atoms with Crippen LogP contribution in [0.1, 0.15) is 45.6 Å². The molecule has 2 rings (SSSR count). The van der Waals surface area contributed by atoms with E-state index < -0.39 is 11.6 Å². The van der Waals surface area contributed by atoms with E-state index in [4.69, 9.17) is 5.73 Å². The maximum atomic E-state index is 13.3. The first-order valence-corrected chi connectivity index (χ1v) is 6.91. The van der Waals surface area contributed by atoms with Crippen molar-refractivity contribution >= 4 is 0 Å². The normalized spacial score (nSPS) is 30.3. The van der Waals surface area contributed by atoms with Crippen LogP contribution in [0.4, 0.5) is 8.78 Å². The summed E-state index contributed by atoms with van der Waals surface area (Å²) in [5.41, 5.74) is 7.00. The highest BCUT2D eigenvalue weighted by molar-refractivity contribution is 5.21. The predicted octanol–water partition coefficient (Wildman–Crippen LogP) is 4.05.